The van der Waals surface area contributed by atoms with Crippen molar-refractivity contribution in [3.05, 3.63) is 0 Å². The summed E-state index contributed by atoms with van der Waals surface area (Å²) < 4.78 is 5.54. The van der Waals surface area contributed by atoms with Gasteiger partial charge in [-0.3, -0.25) is 0 Å². The number of hydrogen-bond acceptors (Lipinski definition) is 4. The first-order valence-corrected chi connectivity index (χ1v) is 7.48. The molecule has 2 heterocycles. The summed E-state index contributed by atoms with van der Waals surface area (Å²) in [5, 5.41) is 0. The number of nitrogens with zero attached hydrogens (tertiary/aromatic N) is 2. The van der Waals surface area contributed by atoms with Crippen molar-refractivity contribution < 1.29 is 4.74 Å². The van der Waals surface area contributed by atoms with Gasteiger partial charge in [-0.15, -0.1) is 0 Å². The van der Waals surface area contributed by atoms with Gasteiger partial charge in [0, 0.05) is 32.3 Å². The first-order valence-electron chi connectivity index (χ1n) is 7.48. The number of piperidine rings is 1. The van der Waals surface area contributed by atoms with Crippen molar-refractivity contribution in [1.82, 2.24) is 9.80 Å². The Labute approximate surface area is 111 Å². The second-order valence-corrected chi connectivity index (χ2v) is 6.02. The van der Waals surface area contributed by atoms with Crippen LogP contribution in [0.2, 0.25) is 0 Å². The Morgan fingerprint density at radius 1 is 1.28 bits per heavy atom. The van der Waals surface area contributed by atoms with Gasteiger partial charge in [0.2, 0.25) is 0 Å². The molecule has 0 aromatic rings. The quantitative estimate of drug-likeness (QED) is 0.788. The SMILES string of the molecule is CN(CCN1CCC(N)CC1)CC1CCCOC1. The predicted molar refractivity (Wildman–Crippen MR) is 74.7 cm³/mol. The maximum absolute atomic E-state index is 5.93. The standard InChI is InChI=1S/C14H29N3O/c1-16(11-13-3-2-10-18-12-13)8-9-17-6-4-14(15)5-7-17/h13-14H,2-12,15H2,1H3. The number of likely N-dealkylation sites (N-methyl/N-ethyl adjacent to an activating group) is 1. The Morgan fingerprint density at radius 3 is 2.72 bits per heavy atom. The topological polar surface area (TPSA) is 41.7 Å². The van der Waals surface area contributed by atoms with E-state index in [1.165, 1.54) is 58.4 Å². The number of likely N-dealkylation sites (tertiary alicyclic amines) is 1. The lowest BCUT2D eigenvalue weighted by Crippen LogP contribution is -2.43. The molecule has 2 aliphatic rings. The number of nitrogens with two attached hydrogens (primary N) is 1. The Hall–Kier alpha value is -0.160. The highest BCUT2D eigenvalue weighted by molar-refractivity contribution is 4.75. The van der Waals surface area contributed by atoms with Crippen LogP contribution in [0.5, 0.6) is 0 Å². The fraction of sp³-hybridized carbons (Fsp3) is 1.00. The van der Waals surface area contributed by atoms with Gasteiger partial charge in [-0.25, -0.2) is 0 Å². The lowest BCUT2D eigenvalue weighted by molar-refractivity contribution is 0.0405. The van der Waals surface area contributed by atoms with Gasteiger partial charge >= 0.3 is 0 Å². The molecule has 4 heteroatoms. The molecule has 2 rings (SSSR count). The second kappa shape index (κ2) is 7.43. The summed E-state index contributed by atoms with van der Waals surface area (Å²) in [6.45, 7) is 7.84. The van der Waals surface area contributed by atoms with Crippen LogP contribution in [0.1, 0.15) is 25.7 Å². The molecule has 0 radical (unpaired) electrons. The Morgan fingerprint density at radius 2 is 2.06 bits per heavy atom. The van der Waals surface area contributed by atoms with Crippen molar-refractivity contribution in [3.63, 3.8) is 0 Å². The highest BCUT2D eigenvalue weighted by Crippen LogP contribution is 2.14. The van der Waals surface area contributed by atoms with Gasteiger partial charge in [-0.05, 0) is 51.7 Å². The molecule has 2 fully saturated rings. The molecule has 0 amide bonds. The van der Waals surface area contributed by atoms with Crippen LogP contribution in [0.25, 0.3) is 0 Å². The zero-order valence-corrected chi connectivity index (χ0v) is 11.8. The first kappa shape index (κ1) is 14.3. The van der Waals surface area contributed by atoms with Gasteiger partial charge in [-0.2, -0.15) is 0 Å². The van der Waals surface area contributed by atoms with E-state index in [0.29, 0.717) is 6.04 Å². The molecule has 2 N–H and O–H groups in total. The zero-order chi connectivity index (χ0) is 12.8. The predicted octanol–water partition coefficient (Wildman–Crippen LogP) is 0.768. The number of hydrogen-bond donors (Lipinski definition) is 1. The highest BCUT2D eigenvalue weighted by Gasteiger charge is 2.18. The van der Waals surface area contributed by atoms with Crippen molar-refractivity contribution in [2.45, 2.75) is 31.7 Å². The van der Waals surface area contributed by atoms with E-state index >= 15 is 0 Å². The fourth-order valence-electron chi connectivity index (χ4n) is 2.97. The molecular weight excluding hydrogens is 226 g/mol. The molecule has 0 bridgehead atoms. The van der Waals surface area contributed by atoms with Crippen LogP contribution in [0.15, 0.2) is 0 Å². The van der Waals surface area contributed by atoms with E-state index in [0.717, 1.165) is 19.1 Å². The van der Waals surface area contributed by atoms with E-state index in [1.54, 1.807) is 0 Å². The minimum absolute atomic E-state index is 0.443. The average Bonchev–Trinajstić information content (AvgIpc) is 2.39. The van der Waals surface area contributed by atoms with Crippen molar-refractivity contribution in [3.8, 4) is 0 Å². The maximum Gasteiger partial charge on any atom is 0.0506 e. The van der Waals surface area contributed by atoms with Crippen LogP contribution < -0.4 is 5.73 Å². The van der Waals surface area contributed by atoms with Gasteiger partial charge < -0.3 is 20.3 Å². The number of rotatable bonds is 5. The minimum Gasteiger partial charge on any atom is -0.381 e. The molecular formula is C14H29N3O. The summed E-state index contributed by atoms with van der Waals surface area (Å²) in [6, 6.07) is 0.443. The summed E-state index contributed by atoms with van der Waals surface area (Å²) in [5.74, 6) is 0.749. The molecule has 106 valence electrons. The van der Waals surface area contributed by atoms with Crippen LogP contribution >= 0.6 is 0 Å². The Bertz CT molecular complexity index is 223. The fourth-order valence-corrected chi connectivity index (χ4v) is 2.97. The second-order valence-electron chi connectivity index (χ2n) is 6.02. The molecule has 0 saturated carbocycles. The number of ether oxygens (including phenoxy) is 1. The molecule has 4 nitrogen and oxygen atoms in total. The largest absolute Gasteiger partial charge is 0.381 e. The van der Waals surface area contributed by atoms with Gasteiger partial charge in [0.05, 0.1) is 6.61 Å². The summed E-state index contributed by atoms with van der Waals surface area (Å²) >= 11 is 0. The molecule has 0 aromatic carbocycles. The van der Waals surface area contributed by atoms with Gasteiger partial charge in [-0.1, -0.05) is 0 Å². The molecule has 2 aliphatic heterocycles. The molecule has 0 aromatic heterocycles. The molecule has 18 heavy (non-hydrogen) atoms. The van der Waals surface area contributed by atoms with Crippen LogP contribution in [0.3, 0.4) is 0 Å². The van der Waals surface area contributed by atoms with Crippen LogP contribution in [-0.4, -0.2) is 68.8 Å². The minimum atomic E-state index is 0.443. The third kappa shape index (κ3) is 4.84. The van der Waals surface area contributed by atoms with Crippen LogP contribution in [-0.2, 0) is 4.74 Å². The normalized spacial score (nSPS) is 27.8. The third-order valence-electron chi connectivity index (χ3n) is 4.25. The molecule has 0 spiro atoms. The van der Waals surface area contributed by atoms with Gasteiger partial charge in [0.25, 0.3) is 0 Å². The summed E-state index contributed by atoms with van der Waals surface area (Å²) in [7, 11) is 2.24. The summed E-state index contributed by atoms with van der Waals surface area (Å²) in [4.78, 5) is 5.02. The third-order valence-corrected chi connectivity index (χ3v) is 4.25. The lowest BCUT2D eigenvalue weighted by Gasteiger charge is -2.32. The van der Waals surface area contributed by atoms with Crippen molar-refractivity contribution >= 4 is 0 Å². The van der Waals surface area contributed by atoms with E-state index in [4.69, 9.17) is 10.5 Å². The highest BCUT2D eigenvalue weighted by atomic mass is 16.5. The van der Waals surface area contributed by atoms with Crippen molar-refractivity contribution in [2.75, 3.05) is 53.0 Å². The maximum atomic E-state index is 5.93. The molecule has 1 unspecified atom stereocenters. The van der Waals surface area contributed by atoms with E-state index < -0.39 is 0 Å². The van der Waals surface area contributed by atoms with E-state index in [-0.39, 0.29) is 0 Å². The van der Waals surface area contributed by atoms with Crippen molar-refractivity contribution in [2.24, 2.45) is 11.7 Å². The molecule has 1 atom stereocenters. The molecule has 2 saturated heterocycles. The lowest BCUT2D eigenvalue weighted by atomic mass is 10.0. The van der Waals surface area contributed by atoms with Crippen LogP contribution in [0, 0.1) is 5.92 Å². The average molecular weight is 255 g/mol. The Kier molecular flexibility index (Phi) is 5.89. The zero-order valence-electron chi connectivity index (χ0n) is 11.8. The molecule has 0 aliphatic carbocycles. The van der Waals surface area contributed by atoms with Gasteiger partial charge in [0.1, 0.15) is 0 Å². The van der Waals surface area contributed by atoms with E-state index in [2.05, 4.69) is 16.8 Å². The van der Waals surface area contributed by atoms with E-state index in [1.807, 2.05) is 0 Å². The van der Waals surface area contributed by atoms with E-state index in [9.17, 15) is 0 Å². The monoisotopic (exact) mass is 255 g/mol. The summed E-state index contributed by atoms with van der Waals surface area (Å²) in [6.07, 6.45) is 4.91. The first-order chi connectivity index (χ1) is 8.74. The van der Waals surface area contributed by atoms with Gasteiger partial charge in [0.15, 0.2) is 0 Å². The Balaban J connectivity index is 1.57. The van der Waals surface area contributed by atoms with Crippen LogP contribution in [0.4, 0.5) is 0 Å². The van der Waals surface area contributed by atoms with Crippen molar-refractivity contribution in [1.29, 1.82) is 0 Å². The summed E-state index contributed by atoms with van der Waals surface area (Å²) in [5.41, 5.74) is 5.93. The smallest absolute Gasteiger partial charge is 0.0506 e.